The predicted molar refractivity (Wildman–Crippen MR) is 184 cm³/mol. The van der Waals surface area contributed by atoms with E-state index < -0.39 is 17.7 Å². The molecule has 8 nitrogen and oxygen atoms in total. The van der Waals surface area contributed by atoms with Crippen LogP contribution in [0.3, 0.4) is 0 Å². The van der Waals surface area contributed by atoms with Crippen molar-refractivity contribution in [3.63, 3.8) is 0 Å². The first-order chi connectivity index (χ1) is 21.6. The van der Waals surface area contributed by atoms with Crippen LogP contribution in [0.2, 0.25) is 0 Å². The largest absolute Gasteiger partial charge is 0.444 e. The summed E-state index contributed by atoms with van der Waals surface area (Å²) in [6.07, 6.45) is 25.6. The van der Waals surface area contributed by atoms with Crippen LogP contribution in [0.15, 0.2) is 0 Å². The third kappa shape index (κ3) is 29.3. The number of nitrogens with zero attached hydrogens (tertiary/aromatic N) is 1. The van der Waals surface area contributed by atoms with Crippen molar-refractivity contribution in [2.24, 2.45) is 5.92 Å². The number of carbonyl (C=O) groups excluding carboxylic acids is 3. The summed E-state index contributed by atoms with van der Waals surface area (Å²) in [5.74, 6) is -1.02. The van der Waals surface area contributed by atoms with Crippen molar-refractivity contribution < 1.29 is 28.8 Å². The highest BCUT2D eigenvalue weighted by atomic mass is 17.0. The lowest BCUT2D eigenvalue weighted by Gasteiger charge is -2.24. The van der Waals surface area contributed by atoms with Crippen molar-refractivity contribution in [1.82, 2.24) is 10.5 Å². The SMILES string of the molecule is CCCCCCCCCCCC(=O)ON(CCNC(=O)OC(C)(C)C)OC(=O)C(CCCCCCCC)CCCCCCCC. The minimum absolute atomic E-state index is 0.0231. The number of alkyl carbamates (subject to hydrolysis) is 1. The normalized spacial score (nSPS) is 11.6. The Morgan fingerprint density at radius 2 is 1.02 bits per heavy atom. The fourth-order valence-electron chi connectivity index (χ4n) is 5.31. The zero-order valence-corrected chi connectivity index (χ0v) is 30.4. The van der Waals surface area contributed by atoms with E-state index >= 15 is 0 Å². The number of amides is 1. The predicted octanol–water partition coefficient (Wildman–Crippen LogP) is 10.8. The number of hydrogen-bond acceptors (Lipinski definition) is 7. The smallest absolute Gasteiger partial charge is 0.407 e. The molecule has 0 heterocycles. The van der Waals surface area contributed by atoms with Crippen molar-refractivity contribution in [3.05, 3.63) is 0 Å². The van der Waals surface area contributed by atoms with E-state index in [0.717, 1.165) is 63.0 Å². The van der Waals surface area contributed by atoms with Gasteiger partial charge in [-0.1, -0.05) is 149 Å². The van der Waals surface area contributed by atoms with Gasteiger partial charge >= 0.3 is 18.0 Å². The fourth-order valence-corrected chi connectivity index (χ4v) is 5.31. The molecule has 1 amide bonds. The number of ether oxygens (including phenoxy) is 1. The van der Waals surface area contributed by atoms with E-state index in [4.69, 9.17) is 14.4 Å². The van der Waals surface area contributed by atoms with Gasteiger partial charge in [-0.3, -0.25) is 4.79 Å². The third-order valence-electron chi connectivity index (χ3n) is 7.99. The third-order valence-corrected chi connectivity index (χ3v) is 7.99. The number of unbranched alkanes of at least 4 members (excludes halogenated alkanes) is 18. The Bertz CT molecular complexity index is 708. The average Bonchev–Trinajstić information content (AvgIpc) is 2.97. The lowest BCUT2D eigenvalue weighted by atomic mass is 9.94. The molecule has 0 aliphatic rings. The zero-order valence-electron chi connectivity index (χ0n) is 30.4. The van der Waals surface area contributed by atoms with Crippen molar-refractivity contribution in [2.45, 2.75) is 201 Å². The van der Waals surface area contributed by atoms with E-state index in [9.17, 15) is 14.4 Å². The molecule has 0 rings (SSSR count). The molecule has 0 aromatic carbocycles. The molecular formula is C37H72N2O6. The highest BCUT2D eigenvalue weighted by Crippen LogP contribution is 2.22. The number of hydrogen-bond donors (Lipinski definition) is 1. The molecule has 0 aliphatic heterocycles. The van der Waals surface area contributed by atoms with Crippen LogP contribution in [0, 0.1) is 5.92 Å². The van der Waals surface area contributed by atoms with E-state index in [1.807, 2.05) is 0 Å². The second-order valence-corrected chi connectivity index (χ2v) is 13.7. The molecule has 0 spiro atoms. The zero-order chi connectivity index (χ0) is 33.6. The van der Waals surface area contributed by atoms with Gasteiger partial charge in [0, 0.05) is 18.2 Å². The monoisotopic (exact) mass is 641 g/mol. The van der Waals surface area contributed by atoms with Gasteiger partial charge in [0.25, 0.3) is 0 Å². The quantitative estimate of drug-likeness (QED) is 0.0616. The lowest BCUT2D eigenvalue weighted by Crippen LogP contribution is -2.40. The van der Waals surface area contributed by atoms with Gasteiger partial charge in [0.2, 0.25) is 0 Å². The lowest BCUT2D eigenvalue weighted by molar-refractivity contribution is -0.326. The van der Waals surface area contributed by atoms with Crippen LogP contribution >= 0.6 is 0 Å². The molecule has 0 aromatic heterocycles. The molecule has 0 saturated heterocycles. The van der Waals surface area contributed by atoms with Gasteiger partial charge in [-0.05, 0) is 40.0 Å². The van der Waals surface area contributed by atoms with Crippen LogP contribution in [0.1, 0.15) is 196 Å². The van der Waals surface area contributed by atoms with Crippen molar-refractivity contribution in [2.75, 3.05) is 13.1 Å². The van der Waals surface area contributed by atoms with Gasteiger partial charge in [0.15, 0.2) is 0 Å². The van der Waals surface area contributed by atoms with E-state index in [-0.39, 0.29) is 31.4 Å². The molecule has 0 aliphatic carbocycles. The molecule has 0 aromatic rings. The average molecular weight is 641 g/mol. The minimum Gasteiger partial charge on any atom is -0.444 e. The van der Waals surface area contributed by atoms with E-state index in [0.29, 0.717) is 0 Å². The Balaban J connectivity index is 5.05. The Morgan fingerprint density at radius 3 is 1.47 bits per heavy atom. The number of rotatable bonds is 30. The maximum Gasteiger partial charge on any atom is 0.407 e. The van der Waals surface area contributed by atoms with Gasteiger partial charge in [-0.2, -0.15) is 0 Å². The minimum atomic E-state index is -0.626. The van der Waals surface area contributed by atoms with Crippen LogP contribution in [0.25, 0.3) is 0 Å². The first-order valence-electron chi connectivity index (χ1n) is 18.8. The topological polar surface area (TPSA) is 94.2 Å². The standard InChI is InChI=1S/C37H72N2O6/c1-7-10-13-16-19-20-21-24-27-30-34(40)44-39(32-31-38-36(42)43-37(4,5)6)45-35(41)33(28-25-22-17-14-11-8-2)29-26-23-18-15-12-9-3/h33H,7-32H2,1-6H3,(H,38,42). The summed E-state index contributed by atoms with van der Waals surface area (Å²) in [5, 5.41) is 3.64. The van der Waals surface area contributed by atoms with Crippen LogP contribution in [0.4, 0.5) is 4.79 Å². The van der Waals surface area contributed by atoms with E-state index in [1.165, 1.54) is 89.9 Å². The molecular weight excluding hydrogens is 568 g/mol. The summed E-state index contributed by atoms with van der Waals surface area (Å²) in [4.78, 5) is 49.5. The molecule has 0 radical (unpaired) electrons. The number of nitrogens with one attached hydrogen (secondary N) is 1. The van der Waals surface area contributed by atoms with Gasteiger partial charge in [0.05, 0.1) is 12.5 Å². The van der Waals surface area contributed by atoms with Gasteiger partial charge in [-0.25, -0.2) is 9.59 Å². The number of hydroxylamine groups is 2. The Labute approximate surface area is 277 Å². The van der Waals surface area contributed by atoms with Gasteiger partial charge < -0.3 is 19.7 Å². The molecule has 266 valence electrons. The van der Waals surface area contributed by atoms with Crippen molar-refractivity contribution in [1.29, 1.82) is 0 Å². The molecule has 0 unspecified atom stereocenters. The summed E-state index contributed by atoms with van der Waals surface area (Å²) in [7, 11) is 0. The second-order valence-electron chi connectivity index (χ2n) is 13.7. The fraction of sp³-hybridized carbons (Fsp3) is 0.919. The summed E-state index contributed by atoms with van der Waals surface area (Å²) in [6.45, 7) is 12.2. The summed E-state index contributed by atoms with van der Waals surface area (Å²) >= 11 is 0. The second kappa shape index (κ2) is 29.6. The van der Waals surface area contributed by atoms with Gasteiger partial charge in [0.1, 0.15) is 5.60 Å². The number of carbonyl (C=O) groups is 3. The first-order valence-corrected chi connectivity index (χ1v) is 18.8. The van der Waals surface area contributed by atoms with Crippen molar-refractivity contribution in [3.8, 4) is 0 Å². The van der Waals surface area contributed by atoms with Crippen molar-refractivity contribution >= 4 is 18.0 Å². The Morgan fingerprint density at radius 1 is 0.600 bits per heavy atom. The highest BCUT2D eigenvalue weighted by molar-refractivity contribution is 5.72. The highest BCUT2D eigenvalue weighted by Gasteiger charge is 2.25. The van der Waals surface area contributed by atoms with Crippen LogP contribution in [-0.2, 0) is 24.0 Å². The van der Waals surface area contributed by atoms with Crippen LogP contribution in [-0.4, -0.2) is 41.9 Å². The van der Waals surface area contributed by atoms with Crippen LogP contribution in [0.5, 0.6) is 0 Å². The molecule has 0 atom stereocenters. The van der Waals surface area contributed by atoms with E-state index in [2.05, 4.69) is 26.1 Å². The molecule has 8 heteroatoms. The maximum atomic E-state index is 13.4. The van der Waals surface area contributed by atoms with Gasteiger partial charge in [-0.15, -0.1) is 0 Å². The molecule has 45 heavy (non-hydrogen) atoms. The molecule has 0 bridgehead atoms. The van der Waals surface area contributed by atoms with Crippen LogP contribution < -0.4 is 5.32 Å². The Hall–Kier alpha value is -1.83. The molecule has 1 N–H and O–H groups in total. The Kier molecular flexibility index (Phi) is 28.4. The molecule has 0 saturated carbocycles. The summed E-state index contributed by atoms with van der Waals surface area (Å²) in [5.41, 5.74) is -0.626. The first kappa shape index (κ1) is 43.2. The molecule has 0 fully saturated rings. The van der Waals surface area contributed by atoms with E-state index in [1.54, 1.807) is 20.8 Å². The summed E-state index contributed by atoms with van der Waals surface area (Å²) in [6, 6.07) is 0. The maximum absolute atomic E-state index is 13.4. The summed E-state index contributed by atoms with van der Waals surface area (Å²) < 4.78 is 5.31.